The van der Waals surface area contributed by atoms with Crippen LogP contribution in [-0.4, -0.2) is 15.4 Å². The second-order valence-corrected chi connectivity index (χ2v) is 4.94. The van der Waals surface area contributed by atoms with Crippen molar-refractivity contribution in [3.8, 4) is 11.4 Å². The molecule has 0 aliphatic rings. The summed E-state index contributed by atoms with van der Waals surface area (Å²) in [6.07, 6.45) is 0. The van der Waals surface area contributed by atoms with E-state index in [1.165, 1.54) is 0 Å². The van der Waals surface area contributed by atoms with Gasteiger partial charge >= 0.3 is 0 Å². The van der Waals surface area contributed by atoms with Gasteiger partial charge in [0, 0.05) is 10.8 Å². The van der Waals surface area contributed by atoms with Gasteiger partial charge in [-0.25, -0.2) is 0 Å². The summed E-state index contributed by atoms with van der Waals surface area (Å²) in [4.78, 5) is 4.31. The first-order chi connectivity index (χ1) is 7.25. The lowest BCUT2D eigenvalue weighted by Crippen LogP contribution is -1.85. The molecule has 0 saturated carbocycles. The van der Waals surface area contributed by atoms with Crippen LogP contribution >= 0.6 is 11.8 Å². The van der Waals surface area contributed by atoms with Crippen LogP contribution in [0.3, 0.4) is 0 Å². The van der Waals surface area contributed by atoms with Crippen molar-refractivity contribution in [2.45, 2.75) is 24.3 Å². The third kappa shape index (κ3) is 2.59. The van der Waals surface area contributed by atoms with Crippen molar-refractivity contribution in [3.05, 3.63) is 30.3 Å². The molecule has 15 heavy (non-hydrogen) atoms. The highest BCUT2D eigenvalue weighted by molar-refractivity contribution is 7.99. The van der Waals surface area contributed by atoms with Gasteiger partial charge in [0.1, 0.15) is 0 Å². The number of thioether (sulfide) groups is 1. The van der Waals surface area contributed by atoms with E-state index in [-0.39, 0.29) is 0 Å². The fraction of sp³-hybridized carbons (Fsp3) is 0.273. The molecule has 0 unspecified atom stereocenters. The molecule has 0 radical (unpaired) electrons. The Morgan fingerprint density at radius 2 is 1.93 bits per heavy atom. The first-order valence-electron chi connectivity index (χ1n) is 4.81. The molecule has 4 heteroatoms. The molecule has 2 aromatic rings. The average molecular weight is 220 g/mol. The Balaban J connectivity index is 2.21. The summed E-state index contributed by atoms with van der Waals surface area (Å²) < 4.78 is 5.13. The van der Waals surface area contributed by atoms with Gasteiger partial charge in [-0.2, -0.15) is 4.98 Å². The van der Waals surface area contributed by atoms with Crippen molar-refractivity contribution in [1.82, 2.24) is 10.1 Å². The molecule has 0 amide bonds. The number of aromatic nitrogens is 2. The SMILES string of the molecule is CC(C)Sc1nc(-c2ccccc2)no1. The molecule has 0 aliphatic carbocycles. The second-order valence-electron chi connectivity index (χ2n) is 3.42. The zero-order valence-electron chi connectivity index (χ0n) is 8.68. The highest BCUT2D eigenvalue weighted by Gasteiger charge is 2.09. The molecule has 1 aromatic carbocycles. The van der Waals surface area contributed by atoms with Crippen molar-refractivity contribution < 1.29 is 4.52 Å². The van der Waals surface area contributed by atoms with Crippen molar-refractivity contribution in [1.29, 1.82) is 0 Å². The van der Waals surface area contributed by atoms with E-state index in [9.17, 15) is 0 Å². The molecule has 0 fully saturated rings. The summed E-state index contributed by atoms with van der Waals surface area (Å²) >= 11 is 1.57. The summed E-state index contributed by atoms with van der Waals surface area (Å²) in [5.74, 6) is 0.652. The van der Waals surface area contributed by atoms with Crippen LogP contribution < -0.4 is 0 Å². The van der Waals surface area contributed by atoms with Crippen molar-refractivity contribution in [2.24, 2.45) is 0 Å². The van der Waals surface area contributed by atoms with Crippen LogP contribution in [0, 0.1) is 0 Å². The molecule has 0 spiro atoms. The molecule has 0 bridgehead atoms. The molecular formula is C11H12N2OS. The van der Waals surface area contributed by atoms with Crippen LogP contribution in [0.2, 0.25) is 0 Å². The smallest absolute Gasteiger partial charge is 0.286 e. The molecule has 0 atom stereocenters. The number of hydrogen-bond donors (Lipinski definition) is 0. The minimum Gasteiger partial charge on any atom is -0.327 e. The minimum atomic E-state index is 0.453. The van der Waals surface area contributed by atoms with Crippen LogP contribution in [0.25, 0.3) is 11.4 Å². The van der Waals surface area contributed by atoms with E-state index in [2.05, 4.69) is 24.0 Å². The maximum absolute atomic E-state index is 5.13. The lowest BCUT2D eigenvalue weighted by atomic mass is 10.2. The number of rotatable bonds is 3. The van der Waals surface area contributed by atoms with E-state index in [1.807, 2.05) is 30.3 Å². The Morgan fingerprint density at radius 1 is 1.20 bits per heavy atom. The van der Waals surface area contributed by atoms with Crippen molar-refractivity contribution >= 4 is 11.8 Å². The Kier molecular flexibility index (Phi) is 3.06. The van der Waals surface area contributed by atoms with Gasteiger partial charge in [-0.05, 0) is 0 Å². The van der Waals surface area contributed by atoms with E-state index >= 15 is 0 Å². The van der Waals surface area contributed by atoms with E-state index < -0.39 is 0 Å². The Morgan fingerprint density at radius 3 is 2.60 bits per heavy atom. The fourth-order valence-electron chi connectivity index (χ4n) is 1.16. The monoisotopic (exact) mass is 220 g/mol. The van der Waals surface area contributed by atoms with Gasteiger partial charge in [0.2, 0.25) is 5.82 Å². The Labute approximate surface area is 92.9 Å². The number of hydrogen-bond acceptors (Lipinski definition) is 4. The Bertz CT molecular complexity index is 425. The van der Waals surface area contributed by atoms with Gasteiger partial charge in [0.15, 0.2) is 0 Å². The average Bonchev–Trinajstić information content (AvgIpc) is 2.67. The van der Waals surface area contributed by atoms with E-state index in [4.69, 9.17) is 4.52 Å². The van der Waals surface area contributed by atoms with Crippen LogP contribution in [0.15, 0.2) is 40.1 Å². The molecule has 0 saturated heterocycles. The third-order valence-electron chi connectivity index (χ3n) is 1.78. The number of nitrogens with zero attached hydrogens (tertiary/aromatic N) is 2. The van der Waals surface area contributed by atoms with Crippen molar-refractivity contribution in [3.63, 3.8) is 0 Å². The molecule has 0 N–H and O–H groups in total. The largest absolute Gasteiger partial charge is 0.327 e. The molecule has 78 valence electrons. The summed E-state index contributed by atoms with van der Waals surface area (Å²) in [7, 11) is 0. The highest BCUT2D eigenvalue weighted by Crippen LogP contribution is 2.23. The normalized spacial score (nSPS) is 10.9. The third-order valence-corrected chi connectivity index (χ3v) is 2.61. The van der Waals surface area contributed by atoms with Crippen molar-refractivity contribution in [2.75, 3.05) is 0 Å². The fourth-order valence-corrected chi connectivity index (χ4v) is 1.79. The molecule has 2 rings (SSSR count). The van der Waals surface area contributed by atoms with Gasteiger partial charge < -0.3 is 4.52 Å². The standard InChI is InChI=1S/C11H12N2OS/c1-8(2)15-11-12-10(13-14-11)9-6-4-3-5-7-9/h3-8H,1-2H3. The number of benzene rings is 1. The van der Waals surface area contributed by atoms with Gasteiger partial charge in [-0.15, -0.1) is 0 Å². The summed E-state index contributed by atoms with van der Waals surface area (Å²) in [5, 5.41) is 5.01. The molecule has 1 heterocycles. The van der Waals surface area contributed by atoms with E-state index in [0.29, 0.717) is 16.3 Å². The lowest BCUT2D eigenvalue weighted by molar-refractivity contribution is 0.341. The summed E-state index contributed by atoms with van der Waals surface area (Å²) in [5.41, 5.74) is 0.983. The first kappa shape index (κ1) is 10.2. The quantitative estimate of drug-likeness (QED) is 0.744. The molecular weight excluding hydrogens is 208 g/mol. The summed E-state index contributed by atoms with van der Waals surface area (Å²) in [6, 6.07) is 9.82. The molecule has 1 aromatic heterocycles. The van der Waals surface area contributed by atoms with Crippen LogP contribution in [-0.2, 0) is 0 Å². The predicted octanol–water partition coefficient (Wildman–Crippen LogP) is 3.24. The van der Waals surface area contributed by atoms with Crippen LogP contribution in [0.1, 0.15) is 13.8 Å². The van der Waals surface area contributed by atoms with Crippen LogP contribution in [0.5, 0.6) is 0 Å². The predicted molar refractivity (Wildman–Crippen MR) is 60.7 cm³/mol. The Hall–Kier alpha value is -1.29. The second kappa shape index (κ2) is 4.49. The maximum atomic E-state index is 5.13. The first-order valence-corrected chi connectivity index (χ1v) is 5.69. The minimum absolute atomic E-state index is 0.453. The summed E-state index contributed by atoms with van der Waals surface area (Å²) in [6.45, 7) is 4.19. The maximum Gasteiger partial charge on any atom is 0.286 e. The zero-order chi connectivity index (χ0) is 10.7. The van der Waals surface area contributed by atoms with E-state index in [0.717, 1.165) is 5.56 Å². The molecule has 3 nitrogen and oxygen atoms in total. The molecule has 0 aliphatic heterocycles. The van der Waals surface area contributed by atoms with E-state index in [1.54, 1.807) is 11.8 Å². The topological polar surface area (TPSA) is 38.9 Å². The van der Waals surface area contributed by atoms with Gasteiger partial charge in [-0.1, -0.05) is 61.1 Å². The van der Waals surface area contributed by atoms with Gasteiger partial charge in [0.05, 0.1) is 0 Å². The van der Waals surface area contributed by atoms with Gasteiger partial charge in [-0.3, -0.25) is 0 Å². The van der Waals surface area contributed by atoms with Gasteiger partial charge in [0.25, 0.3) is 5.22 Å². The lowest BCUT2D eigenvalue weighted by Gasteiger charge is -1.95. The highest BCUT2D eigenvalue weighted by atomic mass is 32.2. The van der Waals surface area contributed by atoms with Crippen LogP contribution in [0.4, 0.5) is 0 Å². The zero-order valence-corrected chi connectivity index (χ0v) is 9.49.